The summed E-state index contributed by atoms with van der Waals surface area (Å²) in [5.74, 6) is 0.205. The number of amides is 1. The molecule has 2 aromatic rings. The lowest BCUT2D eigenvalue weighted by molar-refractivity contribution is 0.0939. The molecule has 1 saturated heterocycles. The number of rotatable bonds is 6. The van der Waals surface area contributed by atoms with Crippen LogP contribution in [0.25, 0.3) is 0 Å². The Bertz CT molecular complexity index is 1020. The first-order valence-corrected chi connectivity index (χ1v) is 11.5. The molecule has 1 amide bonds. The standard InChI is InChI=1S/C21H26ClN3O4S/c1-15(17-6-4-5-7-20(17)29-3)23-21(26)18-14-16(8-9-19(18)22)30(27,28)25-12-10-24(2)11-13-25/h4-9,14-15H,10-13H2,1-3H3,(H,23,26)/t15-/m0/s1. The molecule has 1 aliphatic rings. The molecule has 9 heteroatoms. The number of methoxy groups -OCH3 is 1. The van der Waals surface area contributed by atoms with Gasteiger partial charge in [0.1, 0.15) is 5.75 Å². The van der Waals surface area contributed by atoms with E-state index < -0.39 is 15.9 Å². The van der Waals surface area contributed by atoms with Crippen molar-refractivity contribution in [3.63, 3.8) is 0 Å². The number of hydrogen-bond donors (Lipinski definition) is 1. The first-order chi connectivity index (χ1) is 14.2. The van der Waals surface area contributed by atoms with Crippen molar-refractivity contribution in [2.24, 2.45) is 0 Å². The van der Waals surface area contributed by atoms with Gasteiger partial charge in [-0.25, -0.2) is 8.42 Å². The maximum Gasteiger partial charge on any atom is 0.253 e. The average Bonchev–Trinajstić information content (AvgIpc) is 2.74. The van der Waals surface area contributed by atoms with Crippen LogP contribution in [0.15, 0.2) is 47.4 Å². The minimum Gasteiger partial charge on any atom is -0.496 e. The van der Waals surface area contributed by atoms with E-state index in [-0.39, 0.29) is 21.5 Å². The minimum atomic E-state index is -3.70. The number of sulfonamides is 1. The summed E-state index contributed by atoms with van der Waals surface area (Å²) in [6, 6.07) is 11.3. The quantitative estimate of drug-likeness (QED) is 0.730. The van der Waals surface area contributed by atoms with Crippen LogP contribution >= 0.6 is 11.6 Å². The van der Waals surface area contributed by atoms with Gasteiger partial charge >= 0.3 is 0 Å². The number of hydrogen-bond acceptors (Lipinski definition) is 5. The number of halogens is 1. The summed E-state index contributed by atoms with van der Waals surface area (Å²) in [5.41, 5.74) is 0.930. The molecule has 0 radical (unpaired) electrons. The van der Waals surface area contributed by atoms with Crippen LogP contribution in [0.3, 0.4) is 0 Å². The Balaban J connectivity index is 1.83. The van der Waals surface area contributed by atoms with Crippen molar-refractivity contribution < 1.29 is 17.9 Å². The van der Waals surface area contributed by atoms with Crippen LogP contribution in [0.4, 0.5) is 0 Å². The molecule has 30 heavy (non-hydrogen) atoms. The molecule has 1 fully saturated rings. The summed E-state index contributed by atoms with van der Waals surface area (Å²) >= 11 is 6.23. The number of nitrogens with one attached hydrogen (secondary N) is 1. The van der Waals surface area contributed by atoms with Crippen LogP contribution < -0.4 is 10.1 Å². The number of nitrogens with zero attached hydrogens (tertiary/aromatic N) is 2. The molecule has 3 rings (SSSR count). The number of piperazine rings is 1. The molecule has 1 heterocycles. The number of likely N-dealkylation sites (N-methyl/N-ethyl adjacent to an activating group) is 1. The molecule has 2 aromatic carbocycles. The third kappa shape index (κ3) is 4.78. The predicted octanol–water partition coefficient (Wildman–Crippen LogP) is 2.78. The number of benzene rings is 2. The van der Waals surface area contributed by atoms with Crippen LogP contribution in [-0.4, -0.2) is 63.9 Å². The summed E-state index contributed by atoms with van der Waals surface area (Å²) < 4.78 is 32.8. The predicted molar refractivity (Wildman–Crippen MR) is 117 cm³/mol. The van der Waals surface area contributed by atoms with Gasteiger partial charge in [0.2, 0.25) is 10.0 Å². The van der Waals surface area contributed by atoms with Crippen molar-refractivity contribution in [1.29, 1.82) is 0 Å². The summed E-state index contributed by atoms with van der Waals surface area (Å²) in [6.07, 6.45) is 0. The normalized spacial score (nSPS) is 16.8. The summed E-state index contributed by atoms with van der Waals surface area (Å²) in [4.78, 5) is 15.0. The van der Waals surface area contributed by atoms with E-state index in [0.717, 1.165) is 5.56 Å². The second kappa shape index (κ2) is 9.34. The minimum absolute atomic E-state index is 0.0616. The third-order valence-electron chi connectivity index (χ3n) is 5.24. The number of para-hydroxylation sites is 1. The zero-order valence-electron chi connectivity index (χ0n) is 17.3. The molecule has 0 saturated carbocycles. The van der Waals surface area contributed by atoms with Gasteiger partial charge < -0.3 is 15.0 Å². The van der Waals surface area contributed by atoms with Crippen LogP contribution in [0.2, 0.25) is 5.02 Å². The highest BCUT2D eigenvalue weighted by molar-refractivity contribution is 7.89. The maximum atomic E-state index is 13.0. The first-order valence-electron chi connectivity index (χ1n) is 9.66. The molecule has 1 aliphatic heterocycles. The Labute approximate surface area is 182 Å². The highest BCUT2D eigenvalue weighted by atomic mass is 35.5. The highest BCUT2D eigenvalue weighted by Crippen LogP contribution is 2.27. The summed E-state index contributed by atoms with van der Waals surface area (Å²) in [5, 5.41) is 3.07. The maximum absolute atomic E-state index is 13.0. The van der Waals surface area contributed by atoms with Crippen molar-refractivity contribution >= 4 is 27.5 Å². The molecular formula is C21H26ClN3O4S. The van der Waals surface area contributed by atoms with E-state index in [2.05, 4.69) is 10.2 Å². The van der Waals surface area contributed by atoms with Crippen LogP contribution in [0, 0.1) is 0 Å². The van der Waals surface area contributed by atoms with Crippen molar-refractivity contribution in [1.82, 2.24) is 14.5 Å². The van der Waals surface area contributed by atoms with Crippen LogP contribution in [0.1, 0.15) is 28.9 Å². The van der Waals surface area contributed by atoms with Gasteiger partial charge in [0.05, 0.1) is 28.6 Å². The smallest absolute Gasteiger partial charge is 0.253 e. The van der Waals surface area contributed by atoms with E-state index in [1.807, 2.05) is 38.2 Å². The van der Waals surface area contributed by atoms with Gasteiger partial charge in [-0.15, -0.1) is 0 Å². The van der Waals surface area contributed by atoms with E-state index in [4.69, 9.17) is 16.3 Å². The van der Waals surface area contributed by atoms with Gasteiger partial charge in [0.25, 0.3) is 5.91 Å². The average molecular weight is 452 g/mol. The molecule has 0 bridgehead atoms. The molecule has 0 unspecified atom stereocenters. The lowest BCUT2D eigenvalue weighted by atomic mass is 10.1. The van der Waals surface area contributed by atoms with Gasteiger partial charge in [0.15, 0.2) is 0 Å². The topological polar surface area (TPSA) is 78.9 Å². The zero-order chi connectivity index (χ0) is 21.9. The van der Waals surface area contributed by atoms with Crippen LogP contribution in [0.5, 0.6) is 5.75 Å². The Hall–Kier alpha value is -2.13. The van der Waals surface area contributed by atoms with Gasteiger partial charge in [-0.2, -0.15) is 4.31 Å². The number of carbonyl (C=O) groups is 1. The van der Waals surface area contributed by atoms with Gasteiger partial charge in [-0.05, 0) is 38.2 Å². The molecule has 0 aliphatic carbocycles. The SMILES string of the molecule is COc1ccccc1[C@H](C)NC(=O)c1cc(S(=O)(=O)N2CCN(C)CC2)ccc1Cl. The first kappa shape index (κ1) is 22.6. The molecule has 1 atom stereocenters. The lowest BCUT2D eigenvalue weighted by Crippen LogP contribution is -2.47. The number of ether oxygens (including phenoxy) is 1. The van der Waals surface area contributed by atoms with Crippen molar-refractivity contribution in [2.45, 2.75) is 17.9 Å². The molecule has 1 N–H and O–H groups in total. The Morgan fingerprint density at radius 1 is 1.13 bits per heavy atom. The molecule has 0 aromatic heterocycles. The molecule has 0 spiro atoms. The highest BCUT2D eigenvalue weighted by Gasteiger charge is 2.29. The largest absolute Gasteiger partial charge is 0.496 e. The Morgan fingerprint density at radius 2 is 1.80 bits per heavy atom. The van der Waals surface area contributed by atoms with Gasteiger partial charge in [0, 0.05) is 31.7 Å². The molecule has 162 valence electrons. The van der Waals surface area contributed by atoms with Crippen molar-refractivity contribution in [3.05, 3.63) is 58.6 Å². The van der Waals surface area contributed by atoms with Crippen molar-refractivity contribution in [2.75, 3.05) is 40.3 Å². The summed E-state index contributed by atoms with van der Waals surface area (Å²) in [7, 11) is -0.179. The third-order valence-corrected chi connectivity index (χ3v) is 7.46. The van der Waals surface area contributed by atoms with Crippen LogP contribution in [-0.2, 0) is 10.0 Å². The monoisotopic (exact) mass is 451 g/mol. The van der Waals surface area contributed by atoms with Crippen molar-refractivity contribution in [3.8, 4) is 5.75 Å². The Morgan fingerprint density at radius 3 is 2.47 bits per heavy atom. The van der Waals surface area contributed by atoms with Gasteiger partial charge in [-0.3, -0.25) is 4.79 Å². The Kier molecular flexibility index (Phi) is 7.02. The second-order valence-corrected chi connectivity index (χ2v) is 9.63. The fourth-order valence-electron chi connectivity index (χ4n) is 3.39. The fourth-order valence-corrected chi connectivity index (χ4v) is 5.04. The van der Waals surface area contributed by atoms with E-state index in [1.54, 1.807) is 7.11 Å². The number of carbonyl (C=O) groups excluding carboxylic acids is 1. The zero-order valence-corrected chi connectivity index (χ0v) is 18.8. The molecular weight excluding hydrogens is 426 g/mol. The fraction of sp³-hybridized carbons (Fsp3) is 0.381. The van der Waals surface area contributed by atoms with E-state index >= 15 is 0 Å². The van der Waals surface area contributed by atoms with E-state index in [9.17, 15) is 13.2 Å². The summed E-state index contributed by atoms with van der Waals surface area (Å²) in [6.45, 7) is 3.98. The van der Waals surface area contributed by atoms with E-state index in [1.165, 1.54) is 22.5 Å². The second-order valence-electron chi connectivity index (χ2n) is 7.29. The molecule has 7 nitrogen and oxygen atoms in total. The van der Waals surface area contributed by atoms with E-state index in [0.29, 0.717) is 31.9 Å². The van der Waals surface area contributed by atoms with Gasteiger partial charge in [-0.1, -0.05) is 29.8 Å². The lowest BCUT2D eigenvalue weighted by Gasteiger charge is -2.31.